The molecule has 0 bridgehead atoms. The van der Waals surface area contributed by atoms with Crippen molar-refractivity contribution in [3.63, 3.8) is 0 Å². The molecule has 2 nitrogen and oxygen atoms in total. The predicted molar refractivity (Wildman–Crippen MR) is 138 cm³/mol. The fourth-order valence-electron chi connectivity index (χ4n) is 3.34. The Kier molecular flexibility index (Phi) is 9.34. The summed E-state index contributed by atoms with van der Waals surface area (Å²) in [6.07, 6.45) is 1.14. The summed E-state index contributed by atoms with van der Waals surface area (Å²) < 4.78 is 10.3. The van der Waals surface area contributed by atoms with Crippen LogP contribution in [0.1, 0.15) is 42.2 Å². The maximum absolute atomic E-state index is 5.16. The summed E-state index contributed by atoms with van der Waals surface area (Å²) >= 11 is 0. The number of hydrogen-bond acceptors (Lipinski definition) is 2. The van der Waals surface area contributed by atoms with Crippen molar-refractivity contribution in [1.29, 1.82) is 0 Å². The molecule has 0 amide bonds. The molecule has 0 spiro atoms. The minimum Gasteiger partial charge on any atom is -0.454 e. The van der Waals surface area contributed by atoms with Crippen molar-refractivity contribution in [3.8, 4) is 11.5 Å². The van der Waals surface area contributed by atoms with Crippen molar-refractivity contribution in [3.05, 3.63) is 107 Å². The molecule has 4 aromatic rings. The van der Waals surface area contributed by atoms with Gasteiger partial charge in [-0.05, 0) is 79.3 Å². The molecule has 1 heterocycles. The van der Waals surface area contributed by atoms with Crippen LogP contribution in [0.5, 0.6) is 11.5 Å². The van der Waals surface area contributed by atoms with E-state index in [-0.39, 0.29) is 7.43 Å². The van der Waals surface area contributed by atoms with Gasteiger partial charge in [-0.25, -0.2) is 0 Å². The van der Waals surface area contributed by atoms with Crippen molar-refractivity contribution >= 4 is 10.8 Å². The van der Waals surface area contributed by atoms with Crippen molar-refractivity contribution in [2.45, 2.75) is 48.5 Å². The van der Waals surface area contributed by atoms with E-state index in [9.17, 15) is 0 Å². The van der Waals surface area contributed by atoms with Crippen LogP contribution in [0.25, 0.3) is 10.8 Å². The lowest BCUT2D eigenvalue weighted by molar-refractivity contribution is 0.174. The lowest BCUT2D eigenvalue weighted by Gasteiger charge is -2.01. The van der Waals surface area contributed by atoms with Crippen LogP contribution in [-0.2, 0) is 6.42 Å². The third-order valence-electron chi connectivity index (χ3n) is 5.41. The van der Waals surface area contributed by atoms with Crippen LogP contribution in [0, 0.1) is 27.7 Å². The van der Waals surface area contributed by atoms with E-state index in [4.69, 9.17) is 9.47 Å². The van der Waals surface area contributed by atoms with Crippen LogP contribution in [0.15, 0.2) is 78.9 Å². The monoisotopic (exact) mass is 428 g/mol. The van der Waals surface area contributed by atoms with Gasteiger partial charge in [-0.1, -0.05) is 86.6 Å². The van der Waals surface area contributed by atoms with E-state index in [1.54, 1.807) is 0 Å². The van der Waals surface area contributed by atoms with Gasteiger partial charge in [0.15, 0.2) is 11.5 Å². The number of ether oxygens (including phenoxy) is 2. The highest BCUT2D eigenvalue weighted by atomic mass is 16.7. The predicted octanol–water partition coefficient (Wildman–Crippen LogP) is 8.37. The van der Waals surface area contributed by atoms with Crippen LogP contribution < -0.4 is 9.47 Å². The Hall–Kier alpha value is -3.26. The zero-order valence-electron chi connectivity index (χ0n) is 19.2. The van der Waals surface area contributed by atoms with Crippen molar-refractivity contribution < 1.29 is 9.47 Å². The van der Waals surface area contributed by atoms with Crippen LogP contribution >= 0.6 is 0 Å². The molecule has 2 heteroatoms. The summed E-state index contributed by atoms with van der Waals surface area (Å²) in [6.45, 7) is 11.0. The van der Waals surface area contributed by atoms with Gasteiger partial charge in [0, 0.05) is 0 Å². The Bertz CT molecular complexity index is 1140. The number of hydrogen-bond donors (Lipinski definition) is 0. The number of fused-ring (bicyclic) bond motifs is 2. The quantitative estimate of drug-likeness (QED) is 0.303. The zero-order valence-corrected chi connectivity index (χ0v) is 19.2. The van der Waals surface area contributed by atoms with Gasteiger partial charge in [0.1, 0.15) is 0 Å². The fourth-order valence-corrected chi connectivity index (χ4v) is 3.34. The molecule has 0 unspecified atom stereocenters. The Morgan fingerprint density at radius 1 is 0.625 bits per heavy atom. The van der Waals surface area contributed by atoms with E-state index >= 15 is 0 Å². The molecule has 0 saturated carbocycles. The molecule has 0 radical (unpaired) electrons. The smallest absolute Gasteiger partial charge is 0.231 e. The molecule has 5 rings (SSSR count). The van der Waals surface area contributed by atoms with E-state index in [1.165, 1.54) is 38.6 Å². The average molecular weight is 429 g/mol. The van der Waals surface area contributed by atoms with E-state index in [1.807, 2.05) is 25.1 Å². The van der Waals surface area contributed by atoms with E-state index < -0.39 is 0 Å². The molecule has 32 heavy (non-hydrogen) atoms. The summed E-state index contributed by atoms with van der Waals surface area (Å²) in [6, 6.07) is 27.5. The van der Waals surface area contributed by atoms with Crippen LogP contribution in [-0.4, -0.2) is 6.79 Å². The fraction of sp³-hybridized carbons (Fsp3) is 0.267. The number of aryl methyl sites for hydroxylation is 5. The average Bonchev–Trinajstić information content (AvgIpc) is 3.24. The first-order valence-electron chi connectivity index (χ1n) is 10.8. The third kappa shape index (κ3) is 6.88. The second-order valence-corrected chi connectivity index (χ2v) is 7.98. The highest BCUT2D eigenvalue weighted by molar-refractivity contribution is 5.82. The van der Waals surface area contributed by atoms with Gasteiger partial charge in [-0.15, -0.1) is 0 Å². The maximum Gasteiger partial charge on any atom is 0.231 e. The molecule has 4 aromatic carbocycles. The molecule has 0 fully saturated rings. The van der Waals surface area contributed by atoms with Gasteiger partial charge in [-0.2, -0.15) is 0 Å². The highest BCUT2D eigenvalue weighted by Crippen LogP contribution is 2.31. The van der Waals surface area contributed by atoms with E-state index in [0.29, 0.717) is 6.79 Å². The van der Waals surface area contributed by atoms with Crippen molar-refractivity contribution in [2.75, 3.05) is 6.79 Å². The summed E-state index contributed by atoms with van der Waals surface area (Å²) in [7, 11) is 0. The Labute approximate surface area is 193 Å². The van der Waals surface area contributed by atoms with E-state index in [0.717, 1.165) is 17.9 Å². The molecule has 1 aliphatic heterocycles. The first-order chi connectivity index (χ1) is 15.0. The van der Waals surface area contributed by atoms with Crippen LogP contribution in [0.4, 0.5) is 0 Å². The standard InChI is InChI=1S/C11H10.C10H14.C8H8O2.CH4/c1-9-6-7-10-4-2-3-5-11(10)8-9;1-4-10-6-5-8(2)9(3)7-10;1-6-2-3-7-8(4-6)10-5-9-7;/h2-8H,1H3;5-7H,4H2,1-3H3;2-4H,5H2,1H3;1H4. The van der Waals surface area contributed by atoms with Gasteiger partial charge in [0.05, 0.1) is 0 Å². The second-order valence-electron chi connectivity index (χ2n) is 7.98. The molecule has 0 atom stereocenters. The SMILES string of the molecule is C.CCc1ccc(C)c(C)c1.Cc1ccc2c(c1)OCO2.Cc1ccc2ccccc2c1. The molecular weight excluding hydrogens is 392 g/mol. The van der Waals surface area contributed by atoms with Crippen molar-refractivity contribution in [1.82, 2.24) is 0 Å². The molecule has 0 N–H and O–H groups in total. The number of benzene rings is 4. The number of rotatable bonds is 1. The summed E-state index contributed by atoms with van der Waals surface area (Å²) in [5, 5.41) is 2.64. The van der Waals surface area contributed by atoms with Crippen molar-refractivity contribution in [2.24, 2.45) is 0 Å². The Morgan fingerprint density at radius 3 is 2.00 bits per heavy atom. The summed E-state index contributed by atoms with van der Waals surface area (Å²) in [4.78, 5) is 0. The lowest BCUT2D eigenvalue weighted by Crippen LogP contribution is -1.92. The zero-order chi connectivity index (χ0) is 22.2. The molecule has 0 aliphatic carbocycles. The molecule has 0 aromatic heterocycles. The highest BCUT2D eigenvalue weighted by Gasteiger charge is 2.11. The summed E-state index contributed by atoms with van der Waals surface area (Å²) in [5.41, 5.74) is 6.74. The van der Waals surface area contributed by atoms with Gasteiger partial charge in [0.25, 0.3) is 0 Å². The van der Waals surface area contributed by atoms with Gasteiger partial charge >= 0.3 is 0 Å². The van der Waals surface area contributed by atoms with Crippen LogP contribution in [0.3, 0.4) is 0 Å². The first-order valence-corrected chi connectivity index (χ1v) is 10.8. The molecular formula is C30H36O2. The maximum atomic E-state index is 5.16. The summed E-state index contributed by atoms with van der Waals surface area (Å²) in [5.74, 6) is 1.71. The minimum absolute atomic E-state index is 0. The topological polar surface area (TPSA) is 18.5 Å². The third-order valence-corrected chi connectivity index (χ3v) is 5.41. The Morgan fingerprint density at radius 2 is 1.28 bits per heavy atom. The molecule has 0 saturated heterocycles. The second kappa shape index (κ2) is 12.0. The first kappa shape index (κ1) is 25.0. The van der Waals surface area contributed by atoms with Gasteiger partial charge < -0.3 is 9.47 Å². The lowest BCUT2D eigenvalue weighted by atomic mass is 10.1. The van der Waals surface area contributed by atoms with Gasteiger partial charge in [0.2, 0.25) is 6.79 Å². The van der Waals surface area contributed by atoms with E-state index in [2.05, 4.69) is 88.4 Å². The van der Waals surface area contributed by atoms with Crippen LogP contribution in [0.2, 0.25) is 0 Å². The molecule has 168 valence electrons. The Balaban J connectivity index is 0.000000168. The van der Waals surface area contributed by atoms with Gasteiger partial charge in [-0.3, -0.25) is 0 Å². The minimum atomic E-state index is 0. The normalized spacial score (nSPS) is 10.9. The largest absolute Gasteiger partial charge is 0.454 e. The molecule has 1 aliphatic rings.